The molecule has 0 radical (unpaired) electrons. The molecule has 5 nitrogen and oxygen atoms in total. The van der Waals surface area contributed by atoms with Gasteiger partial charge in [0.15, 0.2) is 0 Å². The summed E-state index contributed by atoms with van der Waals surface area (Å²) in [6.07, 6.45) is 4.24. The monoisotopic (exact) mass is 367 g/mol. The predicted octanol–water partition coefficient (Wildman–Crippen LogP) is 3.87. The van der Waals surface area contributed by atoms with Gasteiger partial charge in [0.1, 0.15) is 12.0 Å². The van der Waals surface area contributed by atoms with Gasteiger partial charge in [-0.05, 0) is 61.7 Å². The summed E-state index contributed by atoms with van der Waals surface area (Å²) in [6.45, 7) is 0.778. The van der Waals surface area contributed by atoms with Crippen LogP contribution in [0.5, 0.6) is 0 Å². The highest BCUT2D eigenvalue weighted by Gasteiger charge is 2.36. The van der Waals surface area contributed by atoms with Gasteiger partial charge in [-0.2, -0.15) is 0 Å². The van der Waals surface area contributed by atoms with Crippen LogP contribution in [0.4, 0.5) is 15.8 Å². The summed E-state index contributed by atoms with van der Waals surface area (Å²) < 4.78 is 13.0. The lowest BCUT2D eigenvalue weighted by atomic mass is 10.0. The SMILES string of the molecule is CN1c2cc(C(=O)Nc3ccc(F)cc3)ccc2C(=O)N2CCCCC[C@H]21. The third-order valence-corrected chi connectivity index (χ3v) is 5.40. The molecule has 0 unspecified atom stereocenters. The van der Waals surface area contributed by atoms with Crippen molar-refractivity contribution in [2.45, 2.75) is 31.8 Å². The average Bonchev–Trinajstić information content (AvgIpc) is 2.94. The molecule has 0 spiro atoms. The van der Waals surface area contributed by atoms with Gasteiger partial charge in [0.2, 0.25) is 0 Å². The second kappa shape index (κ2) is 7.02. The van der Waals surface area contributed by atoms with Crippen molar-refractivity contribution in [1.82, 2.24) is 4.90 Å². The van der Waals surface area contributed by atoms with E-state index < -0.39 is 0 Å². The van der Waals surface area contributed by atoms with E-state index in [4.69, 9.17) is 0 Å². The maximum Gasteiger partial charge on any atom is 0.257 e. The van der Waals surface area contributed by atoms with Crippen molar-refractivity contribution in [3.63, 3.8) is 0 Å². The zero-order chi connectivity index (χ0) is 19.0. The largest absolute Gasteiger partial charge is 0.354 e. The van der Waals surface area contributed by atoms with Crippen molar-refractivity contribution in [1.29, 1.82) is 0 Å². The van der Waals surface area contributed by atoms with Crippen LogP contribution in [0.2, 0.25) is 0 Å². The van der Waals surface area contributed by atoms with Crippen LogP contribution in [-0.2, 0) is 0 Å². The summed E-state index contributed by atoms with van der Waals surface area (Å²) in [4.78, 5) is 29.6. The molecule has 0 aliphatic carbocycles. The van der Waals surface area contributed by atoms with Gasteiger partial charge in [0.25, 0.3) is 11.8 Å². The van der Waals surface area contributed by atoms with Crippen molar-refractivity contribution >= 4 is 23.2 Å². The van der Waals surface area contributed by atoms with E-state index in [9.17, 15) is 14.0 Å². The van der Waals surface area contributed by atoms with Crippen molar-refractivity contribution in [2.24, 2.45) is 0 Å². The van der Waals surface area contributed by atoms with Crippen LogP contribution in [-0.4, -0.2) is 36.5 Å². The molecule has 2 aliphatic rings. The normalized spacial score (nSPS) is 19.2. The first-order valence-corrected chi connectivity index (χ1v) is 9.29. The Hall–Kier alpha value is -2.89. The number of hydrogen-bond acceptors (Lipinski definition) is 3. The number of halogens is 1. The molecule has 2 aromatic rings. The smallest absolute Gasteiger partial charge is 0.257 e. The number of rotatable bonds is 2. The van der Waals surface area contributed by atoms with Crippen molar-refractivity contribution in [3.8, 4) is 0 Å². The standard InChI is InChI=1S/C21H22FN3O2/c1-24-18-13-14(20(26)23-16-9-7-15(22)8-10-16)6-11-17(18)21(27)25-12-4-2-3-5-19(24)25/h6-11,13,19H,2-5,12H2,1H3,(H,23,26)/t19-/m0/s1. The quantitative estimate of drug-likeness (QED) is 0.877. The van der Waals surface area contributed by atoms with E-state index >= 15 is 0 Å². The highest BCUT2D eigenvalue weighted by molar-refractivity contribution is 6.08. The van der Waals surface area contributed by atoms with Gasteiger partial charge in [-0.3, -0.25) is 9.59 Å². The minimum atomic E-state index is -0.352. The summed E-state index contributed by atoms with van der Waals surface area (Å²) in [5.74, 6) is -0.594. The molecule has 140 valence electrons. The number of anilines is 2. The third-order valence-electron chi connectivity index (χ3n) is 5.40. The fraction of sp³-hybridized carbons (Fsp3) is 0.333. The molecular formula is C21H22FN3O2. The molecule has 2 aromatic carbocycles. The summed E-state index contributed by atoms with van der Waals surface area (Å²) in [5, 5.41) is 2.77. The van der Waals surface area contributed by atoms with Crippen LogP contribution < -0.4 is 10.2 Å². The van der Waals surface area contributed by atoms with Gasteiger partial charge >= 0.3 is 0 Å². The van der Waals surface area contributed by atoms with Gasteiger partial charge in [-0.1, -0.05) is 6.42 Å². The zero-order valence-electron chi connectivity index (χ0n) is 15.2. The van der Waals surface area contributed by atoms with Gasteiger partial charge in [0, 0.05) is 24.8 Å². The fourth-order valence-electron chi connectivity index (χ4n) is 3.93. The Labute approximate surface area is 157 Å². The van der Waals surface area contributed by atoms with Crippen molar-refractivity contribution < 1.29 is 14.0 Å². The Morgan fingerprint density at radius 3 is 2.67 bits per heavy atom. The number of fused-ring (bicyclic) bond motifs is 2. The van der Waals surface area contributed by atoms with Crippen molar-refractivity contribution in [3.05, 3.63) is 59.4 Å². The number of carbonyl (C=O) groups excluding carboxylic acids is 2. The first kappa shape index (κ1) is 17.5. The fourth-order valence-corrected chi connectivity index (χ4v) is 3.93. The lowest BCUT2D eigenvalue weighted by molar-refractivity contribution is 0.0661. The Balaban J connectivity index is 1.62. The molecule has 27 heavy (non-hydrogen) atoms. The predicted molar refractivity (Wildman–Crippen MR) is 102 cm³/mol. The highest BCUT2D eigenvalue weighted by Crippen LogP contribution is 2.34. The Kier molecular flexibility index (Phi) is 4.56. The van der Waals surface area contributed by atoms with Crippen molar-refractivity contribution in [2.75, 3.05) is 23.8 Å². The molecule has 1 saturated heterocycles. The molecule has 2 aliphatic heterocycles. The summed E-state index contributed by atoms with van der Waals surface area (Å²) >= 11 is 0. The Morgan fingerprint density at radius 1 is 1.11 bits per heavy atom. The summed E-state index contributed by atoms with van der Waals surface area (Å²) in [6, 6.07) is 10.8. The second-order valence-corrected chi connectivity index (χ2v) is 7.13. The number of carbonyl (C=O) groups is 2. The lowest BCUT2D eigenvalue weighted by Gasteiger charge is -2.43. The number of amides is 2. The van der Waals surface area contributed by atoms with E-state index in [2.05, 4.69) is 10.2 Å². The molecule has 0 saturated carbocycles. The molecule has 6 heteroatoms. The molecule has 1 fully saturated rings. The van der Waals surface area contributed by atoms with Gasteiger partial charge in [-0.25, -0.2) is 4.39 Å². The molecule has 0 bridgehead atoms. The lowest BCUT2D eigenvalue weighted by Crippen LogP contribution is -2.53. The van der Waals surface area contributed by atoms with Crippen LogP contribution in [0.3, 0.4) is 0 Å². The minimum Gasteiger partial charge on any atom is -0.354 e. The molecule has 0 aromatic heterocycles. The van der Waals surface area contributed by atoms with Gasteiger partial charge in [-0.15, -0.1) is 0 Å². The topological polar surface area (TPSA) is 52.7 Å². The van der Waals surface area contributed by atoms with E-state index in [0.717, 1.165) is 37.9 Å². The zero-order valence-corrected chi connectivity index (χ0v) is 15.2. The first-order chi connectivity index (χ1) is 13.0. The molecule has 2 heterocycles. The Bertz CT molecular complexity index is 881. The van der Waals surface area contributed by atoms with Gasteiger partial charge < -0.3 is 15.1 Å². The maximum absolute atomic E-state index is 13.0. The number of hydrogen-bond donors (Lipinski definition) is 1. The maximum atomic E-state index is 13.0. The van der Waals surface area contributed by atoms with Crippen LogP contribution in [0.1, 0.15) is 46.4 Å². The van der Waals surface area contributed by atoms with Crippen LogP contribution in [0.15, 0.2) is 42.5 Å². The van der Waals surface area contributed by atoms with Gasteiger partial charge in [0.05, 0.1) is 11.3 Å². The van der Waals surface area contributed by atoms with Crippen LogP contribution in [0, 0.1) is 5.82 Å². The van der Waals surface area contributed by atoms with E-state index in [-0.39, 0.29) is 23.8 Å². The molecular weight excluding hydrogens is 345 g/mol. The second-order valence-electron chi connectivity index (χ2n) is 7.13. The molecule has 2 amide bonds. The molecule has 4 rings (SSSR count). The van der Waals surface area contributed by atoms with E-state index in [1.54, 1.807) is 18.2 Å². The van der Waals surface area contributed by atoms with Crippen LogP contribution in [0.25, 0.3) is 0 Å². The Morgan fingerprint density at radius 2 is 1.89 bits per heavy atom. The first-order valence-electron chi connectivity index (χ1n) is 9.29. The third kappa shape index (κ3) is 3.27. The van der Waals surface area contributed by atoms with E-state index in [1.165, 1.54) is 24.3 Å². The molecule has 1 N–H and O–H groups in total. The van der Waals surface area contributed by atoms with E-state index in [0.29, 0.717) is 16.8 Å². The number of benzene rings is 2. The molecule has 1 atom stereocenters. The minimum absolute atomic E-state index is 0.0421. The number of nitrogens with zero attached hydrogens (tertiary/aromatic N) is 2. The number of nitrogens with one attached hydrogen (secondary N) is 1. The van der Waals surface area contributed by atoms with Crippen LogP contribution >= 0.6 is 0 Å². The summed E-state index contributed by atoms with van der Waals surface area (Å²) in [7, 11) is 1.98. The summed E-state index contributed by atoms with van der Waals surface area (Å²) in [5.41, 5.74) is 2.42. The highest BCUT2D eigenvalue weighted by atomic mass is 19.1. The average molecular weight is 367 g/mol. The van der Waals surface area contributed by atoms with E-state index in [1.807, 2.05) is 11.9 Å².